The van der Waals surface area contributed by atoms with Crippen molar-refractivity contribution in [1.29, 1.82) is 0 Å². The number of hydrogen-bond acceptors (Lipinski definition) is 4. The Labute approximate surface area is 154 Å². The Morgan fingerprint density at radius 2 is 2.08 bits per heavy atom. The first-order valence-corrected chi connectivity index (χ1v) is 10.2. The van der Waals surface area contributed by atoms with E-state index in [4.69, 9.17) is 4.42 Å². The SMILES string of the molecule is CC(CCc1ccco1)N(C)S(=O)(=O)c1ccc2c(c1)CCCC(=O)N2. The summed E-state index contributed by atoms with van der Waals surface area (Å²) in [4.78, 5) is 11.9. The highest BCUT2D eigenvalue weighted by Gasteiger charge is 2.26. The van der Waals surface area contributed by atoms with Crippen molar-refractivity contribution in [3.8, 4) is 0 Å². The van der Waals surface area contributed by atoms with E-state index >= 15 is 0 Å². The fourth-order valence-corrected chi connectivity index (χ4v) is 4.55. The lowest BCUT2D eigenvalue weighted by Gasteiger charge is -2.24. The van der Waals surface area contributed by atoms with E-state index in [0.29, 0.717) is 31.4 Å². The van der Waals surface area contributed by atoms with Crippen molar-refractivity contribution in [2.45, 2.75) is 50.0 Å². The molecule has 1 aliphatic heterocycles. The lowest BCUT2D eigenvalue weighted by molar-refractivity contribution is -0.116. The Hall–Kier alpha value is -2.12. The van der Waals surface area contributed by atoms with E-state index in [1.54, 1.807) is 31.5 Å². The smallest absolute Gasteiger partial charge is 0.243 e. The monoisotopic (exact) mass is 376 g/mol. The molecule has 140 valence electrons. The van der Waals surface area contributed by atoms with Crippen molar-refractivity contribution in [1.82, 2.24) is 4.31 Å². The van der Waals surface area contributed by atoms with Gasteiger partial charge in [0.1, 0.15) is 5.76 Å². The van der Waals surface area contributed by atoms with Crippen LogP contribution in [0.5, 0.6) is 0 Å². The molecular weight excluding hydrogens is 352 g/mol. The van der Waals surface area contributed by atoms with Gasteiger partial charge in [-0.15, -0.1) is 0 Å². The van der Waals surface area contributed by atoms with Crippen LogP contribution in [-0.4, -0.2) is 31.7 Å². The maximum Gasteiger partial charge on any atom is 0.243 e. The molecule has 2 heterocycles. The van der Waals surface area contributed by atoms with Gasteiger partial charge in [0.15, 0.2) is 0 Å². The highest BCUT2D eigenvalue weighted by atomic mass is 32.2. The first-order chi connectivity index (χ1) is 12.4. The molecule has 0 saturated heterocycles. The fraction of sp³-hybridized carbons (Fsp3) is 0.421. The number of carbonyl (C=O) groups excluding carboxylic acids is 1. The summed E-state index contributed by atoms with van der Waals surface area (Å²) in [5.74, 6) is 0.825. The van der Waals surface area contributed by atoms with Crippen molar-refractivity contribution in [3.63, 3.8) is 0 Å². The van der Waals surface area contributed by atoms with Gasteiger partial charge in [0, 0.05) is 31.6 Å². The minimum Gasteiger partial charge on any atom is -0.469 e. The van der Waals surface area contributed by atoms with Crippen molar-refractivity contribution in [2.24, 2.45) is 0 Å². The number of nitrogens with zero attached hydrogens (tertiary/aromatic N) is 1. The number of hydrogen-bond donors (Lipinski definition) is 1. The molecule has 1 aliphatic rings. The quantitative estimate of drug-likeness (QED) is 0.840. The van der Waals surface area contributed by atoms with E-state index in [9.17, 15) is 13.2 Å². The van der Waals surface area contributed by atoms with Crippen LogP contribution in [0.25, 0.3) is 0 Å². The van der Waals surface area contributed by atoms with Gasteiger partial charge in [0.25, 0.3) is 0 Å². The summed E-state index contributed by atoms with van der Waals surface area (Å²) in [6.45, 7) is 1.89. The van der Waals surface area contributed by atoms with Crippen LogP contribution in [0.3, 0.4) is 0 Å². The second-order valence-corrected chi connectivity index (χ2v) is 8.71. The molecule has 7 heteroatoms. The second kappa shape index (κ2) is 7.63. The van der Waals surface area contributed by atoms with Crippen LogP contribution in [0, 0.1) is 0 Å². The number of fused-ring (bicyclic) bond motifs is 1. The number of sulfonamides is 1. The van der Waals surface area contributed by atoms with Crippen LogP contribution in [0.1, 0.15) is 37.5 Å². The molecule has 1 amide bonds. The molecular formula is C19H24N2O4S. The van der Waals surface area contributed by atoms with Crippen LogP contribution in [0.15, 0.2) is 45.9 Å². The van der Waals surface area contributed by atoms with Gasteiger partial charge in [-0.3, -0.25) is 4.79 Å². The number of aryl methyl sites for hydroxylation is 2. The molecule has 1 aromatic carbocycles. The molecule has 3 rings (SSSR count). The van der Waals surface area contributed by atoms with E-state index in [1.165, 1.54) is 4.31 Å². The standard InChI is InChI=1S/C19H24N2O4S/c1-14(8-9-16-6-4-12-25-16)21(2)26(23,24)17-10-11-18-15(13-17)5-3-7-19(22)20-18/h4,6,10-14H,3,5,7-9H2,1-2H3,(H,20,22). The molecule has 1 N–H and O–H groups in total. The van der Waals surface area contributed by atoms with Gasteiger partial charge in [-0.1, -0.05) is 0 Å². The average Bonchev–Trinajstić information content (AvgIpc) is 3.06. The zero-order valence-corrected chi connectivity index (χ0v) is 15.9. The molecule has 26 heavy (non-hydrogen) atoms. The van der Waals surface area contributed by atoms with Crippen LogP contribution >= 0.6 is 0 Å². The molecule has 1 aromatic heterocycles. The van der Waals surface area contributed by atoms with Gasteiger partial charge >= 0.3 is 0 Å². The van der Waals surface area contributed by atoms with E-state index < -0.39 is 10.0 Å². The minimum absolute atomic E-state index is 0.0250. The normalized spacial score (nSPS) is 16.0. The fourth-order valence-electron chi connectivity index (χ4n) is 3.10. The first kappa shape index (κ1) is 18.7. The minimum atomic E-state index is -3.60. The Morgan fingerprint density at radius 1 is 1.27 bits per heavy atom. The molecule has 0 saturated carbocycles. The lowest BCUT2D eigenvalue weighted by Crippen LogP contribution is -2.35. The van der Waals surface area contributed by atoms with Crippen LogP contribution in [0.2, 0.25) is 0 Å². The van der Waals surface area contributed by atoms with E-state index in [0.717, 1.165) is 17.7 Å². The number of benzene rings is 1. The number of amides is 1. The van der Waals surface area contributed by atoms with Gasteiger partial charge in [-0.25, -0.2) is 8.42 Å². The molecule has 1 unspecified atom stereocenters. The molecule has 0 fully saturated rings. The number of nitrogens with one attached hydrogen (secondary N) is 1. The van der Waals surface area contributed by atoms with Gasteiger partial charge in [0.2, 0.25) is 15.9 Å². The zero-order valence-electron chi connectivity index (χ0n) is 15.1. The Kier molecular flexibility index (Phi) is 5.48. The van der Waals surface area contributed by atoms with Crippen LogP contribution in [0.4, 0.5) is 5.69 Å². The summed E-state index contributed by atoms with van der Waals surface area (Å²) in [5.41, 5.74) is 1.58. The van der Waals surface area contributed by atoms with Gasteiger partial charge in [-0.05, 0) is 62.1 Å². The highest BCUT2D eigenvalue weighted by Crippen LogP contribution is 2.27. The lowest BCUT2D eigenvalue weighted by atomic mass is 10.1. The molecule has 0 bridgehead atoms. The summed E-state index contributed by atoms with van der Waals surface area (Å²) in [6, 6.07) is 8.49. The zero-order chi connectivity index (χ0) is 18.7. The third kappa shape index (κ3) is 3.99. The predicted molar refractivity (Wildman–Crippen MR) is 99.4 cm³/mol. The summed E-state index contributed by atoms with van der Waals surface area (Å²) in [5, 5.41) is 2.83. The largest absolute Gasteiger partial charge is 0.469 e. The third-order valence-electron chi connectivity index (χ3n) is 4.89. The summed E-state index contributed by atoms with van der Waals surface area (Å²) < 4.78 is 32.7. The van der Waals surface area contributed by atoms with Gasteiger partial charge < -0.3 is 9.73 Å². The molecule has 0 radical (unpaired) electrons. The maximum absolute atomic E-state index is 13.0. The summed E-state index contributed by atoms with van der Waals surface area (Å²) >= 11 is 0. The van der Waals surface area contributed by atoms with E-state index in [2.05, 4.69) is 5.32 Å². The number of furan rings is 1. The Balaban J connectivity index is 1.76. The van der Waals surface area contributed by atoms with Crippen LogP contribution in [-0.2, 0) is 27.7 Å². The molecule has 0 aliphatic carbocycles. The average molecular weight is 376 g/mol. The van der Waals surface area contributed by atoms with E-state index in [1.807, 2.05) is 19.1 Å². The van der Waals surface area contributed by atoms with Crippen molar-refractivity contribution in [3.05, 3.63) is 47.9 Å². The van der Waals surface area contributed by atoms with Crippen molar-refractivity contribution in [2.75, 3.05) is 12.4 Å². The second-order valence-electron chi connectivity index (χ2n) is 6.71. The topological polar surface area (TPSA) is 79.6 Å². The highest BCUT2D eigenvalue weighted by molar-refractivity contribution is 7.89. The van der Waals surface area contributed by atoms with Crippen LogP contribution < -0.4 is 5.32 Å². The number of rotatable bonds is 6. The third-order valence-corrected chi connectivity index (χ3v) is 6.85. The van der Waals surface area contributed by atoms with E-state index in [-0.39, 0.29) is 16.8 Å². The first-order valence-electron chi connectivity index (χ1n) is 8.81. The van der Waals surface area contributed by atoms with Gasteiger partial charge in [-0.2, -0.15) is 4.31 Å². The maximum atomic E-state index is 13.0. The van der Waals surface area contributed by atoms with Crippen molar-refractivity contribution < 1.29 is 17.6 Å². The Bertz CT molecular complexity index is 875. The summed E-state index contributed by atoms with van der Waals surface area (Å²) in [7, 11) is -1.99. The molecule has 2 aromatic rings. The predicted octanol–water partition coefficient (Wildman–Crippen LogP) is 3.20. The molecule has 0 spiro atoms. The van der Waals surface area contributed by atoms with Gasteiger partial charge in [0.05, 0.1) is 11.2 Å². The molecule has 6 nitrogen and oxygen atoms in total. The number of anilines is 1. The number of carbonyl (C=O) groups is 1. The molecule has 1 atom stereocenters. The van der Waals surface area contributed by atoms with Crippen molar-refractivity contribution >= 4 is 21.6 Å². The Morgan fingerprint density at radius 3 is 2.81 bits per heavy atom. The summed E-state index contributed by atoms with van der Waals surface area (Å²) in [6.07, 6.45) is 4.84.